The Morgan fingerprint density at radius 2 is 1.45 bits per heavy atom. The molecule has 0 fully saturated rings. The zero-order chi connectivity index (χ0) is 20.3. The molecule has 0 atom stereocenters. The van der Waals surface area contributed by atoms with Crippen LogP contribution in [0.2, 0.25) is 0 Å². The van der Waals surface area contributed by atoms with Crippen LogP contribution in [-0.4, -0.2) is 8.42 Å². The molecule has 0 radical (unpaired) electrons. The molecule has 0 aliphatic heterocycles. The van der Waals surface area contributed by atoms with Gasteiger partial charge >= 0.3 is 5.63 Å². The quantitative estimate of drug-likeness (QED) is 0.372. The second-order valence-corrected chi connectivity index (χ2v) is 7.82. The van der Waals surface area contributed by atoms with Crippen molar-refractivity contribution in [3.05, 3.63) is 95.3 Å². The largest absolute Gasteiger partial charge is 0.423 e. The highest BCUT2D eigenvalue weighted by atomic mass is 32.2. The number of fused-ring (bicyclic) bond motifs is 1. The number of hydrogen-bond acceptors (Lipinski definition) is 6. The number of anilines is 1. The monoisotopic (exact) mass is 405 g/mol. The fourth-order valence-corrected chi connectivity index (χ4v) is 3.73. The number of nitrogens with zero attached hydrogens (tertiary/aromatic N) is 2. The third-order valence-corrected chi connectivity index (χ3v) is 5.44. The lowest BCUT2D eigenvalue weighted by Gasteiger charge is -2.08. The normalized spacial score (nSPS) is 11.7. The van der Waals surface area contributed by atoms with Crippen LogP contribution in [0.15, 0.2) is 109 Å². The Kier molecular flexibility index (Phi) is 4.92. The Morgan fingerprint density at radius 3 is 2.17 bits per heavy atom. The molecule has 0 spiro atoms. The van der Waals surface area contributed by atoms with Gasteiger partial charge in [-0.15, -0.1) is 0 Å². The summed E-state index contributed by atoms with van der Waals surface area (Å²) < 4.78 is 32.9. The summed E-state index contributed by atoms with van der Waals surface area (Å²) in [4.78, 5) is 11.3. The first-order valence-electron chi connectivity index (χ1n) is 8.63. The van der Waals surface area contributed by atoms with Gasteiger partial charge in [0.2, 0.25) is 0 Å². The van der Waals surface area contributed by atoms with Crippen molar-refractivity contribution in [3.8, 4) is 0 Å². The van der Waals surface area contributed by atoms with Crippen LogP contribution in [0, 0.1) is 0 Å². The molecule has 0 aliphatic carbocycles. The molecular weight excluding hydrogens is 390 g/mol. The highest BCUT2D eigenvalue weighted by Gasteiger charge is 2.15. The molecule has 0 aliphatic rings. The molecule has 1 aromatic heterocycles. The van der Waals surface area contributed by atoms with E-state index in [9.17, 15) is 13.2 Å². The molecule has 29 heavy (non-hydrogen) atoms. The van der Waals surface area contributed by atoms with Crippen molar-refractivity contribution in [1.82, 2.24) is 0 Å². The van der Waals surface area contributed by atoms with Gasteiger partial charge in [0.25, 0.3) is 10.0 Å². The van der Waals surface area contributed by atoms with E-state index in [2.05, 4.69) is 15.0 Å². The molecular formula is C21H15N3O4S. The molecule has 0 bridgehead atoms. The molecule has 7 nitrogen and oxygen atoms in total. The number of azo groups is 1. The van der Waals surface area contributed by atoms with Crippen molar-refractivity contribution in [1.29, 1.82) is 0 Å². The fraction of sp³-hybridized carbons (Fsp3) is 0. The van der Waals surface area contributed by atoms with Crippen LogP contribution >= 0.6 is 0 Å². The standard InChI is InChI=1S/C21H15N3O4S/c25-21-13-6-15-14-19(11-12-20(15)28-21)29(26,27)24-18-9-7-17(8-10-18)23-22-16-4-2-1-3-5-16/h1-14,24H. The minimum Gasteiger partial charge on any atom is -0.423 e. The summed E-state index contributed by atoms with van der Waals surface area (Å²) in [6, 6.07) is 22.9. The average molecular weight is 405 g/mol. The van der Waals surface area contributed by atoms with E-state index in [0.717, 1.165) is 5.69 Å². The van der Waals surface area contributed by atoms with Gasteiger partial charge in [-0.25, -0.2) is 13.2 Å². The van der Waals surface area contributed by atoms with Gasteiger partial charge in [-0.05, 0) is 60.7 Å². The van der Waals surface area contributed by atoms with E-state index in [-0.39, 0.29) is 4.90 Å². The second kappa shape index (κ2) is 7.69. The molecule has 4 aromatic rings. The lowest BCUT2D eigenvalue weighted by atomic mass is 10.2. The topological polar surface area (TPSA) is 101 Å². The first-order chi connectivity index (χ1) is 14.0. The van der Waals surface area contributed by atoms with Crippen LogP contribution in [0.1, 0.15) is 0 Å². The van der Waals surface area contributed by atoms with Gasteiger partial charge in [-0.3, -0.25) is 4.72 Å². The highest BCUT2D eigenvalue weighted by molar-refractivity contribution is 7.92. The Balaban J connectivity index is 1.53. The molecule has 144 valence electrons. The fourth-order valence-electron chi connectivity index (χ4n) is 2.64. The average Bonchev–Trinajstić information content (AvgIpc) is 2.73. The molecule has 4 rings (SSSR count). The first kappa shape index (κ1) is 18.6. The third kappa shape index (κ3) is 4.39. The van der Waals surface area contributed by atoms with Crippen molar-refractivity contribution < 1.29 is 12.8 Å². The smallest absolute Gasteiger partial charge is 0.336 e. The third-order valence-electron chi connectivity index (χ3n) is 4.06. The van der Waals surface area contributed by atoms with E-state index >= 15 is 0 Å². The van der Waals surface area contributed by atoms with Gasteiger partial charge in [0, 0.05) is 17.1 Å². The van der Waals surface area contributed by atoms with Gasteiger partial charge in [-0.1, -0.05) is 18.2 Å². The summed E-state index contributed by atoms with van der Waals surface area (Å²) in [5, 5.41) is 8.76. The lowest BCUT2D eigenvalue weighted by Crippen LogP contribution is -2.12. The van der Waals surface area contributed by atoms with E-state index in [1.165, 1.54) is 30.3 Å². The zero-order valence-electron chi connectivity index (χ0n) is 15.0. The number of rotatable bonds is 5. The zero-order valence-corrected chi connectivity index (χ0v) is 15.8. The Hall–Kier alpha value is -3.78. The summed E-state index contributed by atoms with van der Waals surface area (Å²) in [7, 11) is -3.81. The van der Waals surface area contributed by atoms with Crippen LogP contribution in [0.5, 0.6) is 0 Å². The van der Waals surface area contributed by atoms with Crippen LogP contribution < -0.4 is 10.3 Å². The van der Waals surface area contributed by atoms with Gasteiger partial charge in [0.05, 0.1) is 16.3 Å². The van der Waals surface area contributed by atoms with Gasteiger partial charge in [0.1, 0.15) is 5.58 Å². The van der Waals surface area contributed by atoms with Crippen molar-refractivity contribution in [2.24, 2.45) is 10.2 Å². The highest BCUT2D eigenvalue weighted by Crippen LogP contribution is 2.23. The molecule has 0 unspecified atom stereocenters. The molecule has 0 saturated heterocycles. The minimum absolute atomic E-state index is 0.0618. The summed E-state index contributed by atoms with van der Waals surface area (Å²) >= 11 is 0. The van der Waals surface area contributed by atoms with Gasteiger partial charge in [-0.2, -0.15) is 10.2 Å². The van der Waals surface area contributed by atoms with Crippen LogP contribution in [0.4, 0.5) is 17.1 Å². The Morgan fingerprint density at radius 1 is 0.759 bits per heavy atom. The molecule has 0 saturated carbocycles. The van der Waals surface area contributed by atoms with Crippen LogP contribution in [-0.2, 0) is 10.0 Å². The van der Waals surface area contributed by atoms with Crippen molar-refractivity contribution >= 4 is 38.1 Å². The first-order valence-corrected chi connectivity index (χ1v) is 10.1. The predicted octanol–water partition coefficient (Wildman–Crippen LogP) is 5.01. The second-order valence-electron chi connectivity index (χ2n) is 6.14. The van der Waals surface area contributed by atoms with E-state index < -0.39 is 15.6 Å². The molecule has 1 heterocycles. The summed E-state index contributed by atoms with van der Waals surface area (Å²) in [5.74, 6) is 0. The number of nitrogens with one attached hydrogen (secondary N) is 1. The van der Waals surface area contributed by atoms with Crippen molar-refractivity contribution in [2.45, 2.75) is 4.90 Å². The maximum atomic E-state index is 12.7. The summed E-state index contributed by atoms with van der Waals surface area (Å²) in [6.45, 7) is 0. The number of sulfonamides is 1. The van der Waals surface area contributed by atoms with Gasteiger partial charge < -0.3 is 4.42 Å². The minimum atomic E-state index is -3.81. The summed E-state index contributed by atoms with van der Waals surface area (Å²) in [6.07, 6.45) is 0. The van der Waals surface area contributed by atoms with E-state index in [1.54, 1.807) is 24.3 Å². The molecule has 3 aromatic carbocycles. The van der Waals surface area contributed by atoms with E-state index in [0.29, 0.717) is 22.3 Å². The van der Waals surface area contributed by atoms with Crippen LogP contribution in [0.25, 0.3) is 11.0 Å². The molecule has 8 heteroatoms. The van der Waals surface area contributed by atoms with Crippen molar-refractivity contribution in [2.75, 3.05) is 4.72 Å². The molecule has 0 amide bonds. The lowest BCUT2D eigenvalue weighted by molar-refractivity contribution is 0.560. The van der Waals surface area contributed by atoms with E-state index in [1.807, 2.05) is 30.3 Å². The van der Waals surface area contributed by atoms with Crippen LogP contribution in [0.3, 0.4) is 0 Å². The van der Waals surface area contributed by atoms with Gasteiger partial charge in [0.15, 0.2) is 0 Å². The maximum Gasteiger partial charge on any atom is 0.336 e. The van der Waals surface area contributed by atoms with E-state index in [4.69, 9.17) is 4.42 Å². The SMILES string of the molecule is O=c1ccc2cc(S(=O)(=O)Nc3ccc(N=Nc4ccccc4)cc3)ccc2o1. The number of benzene rings is 3. The summed E-state index contributed by atoms with van der Waals surface area (Å²) in [5.41, 5.74) is 1.55. The Labute approximate surface area is 166 Å². The molecule has 1 N–H and O–H groups in total. The maximum absolute atomic E-state index is 12.7. The predicted molar refractivity (Wildman–Crippen MR) is 110 cm³/mol. The number of hydrogen-bond donors (Lipinski definition) is 1. The van der Waals surface area contributed by atoms with Crippen molar-refractivity contribution in [3.63, 3.8) is 0 Å². The Bertz CT molecular complexity index is 1350.